The van der Waals surface area contributed by atoms with Gasteiger partial charge in [-0.1, -0.05) is 36.4 Å². The molecule has 0 spiro atoms. The second-order valence-corrected chi connectivity index (χ2v) is 7.87. The van der Waals surface area contributed by atoms with Crippen LogP contribution in [0.2, 0.25) is 0 Å². The highest BCUT2D eigenvalue weighted by Gasteiger charge is 2.33. The summed E-state index contributed by atoms with van der Waals surface area (Å²) in [5.74, 6) is -0.306. The molecule has 4 rings (SSSR count). The Morgan fingerprint density at radius 1 is 0.900 bits per heavy atom. The molecule has 5 heteroatoms. The zero-order chi connectivity index (χ0) is 21.4. The predicted octanol–water partition coefficient (Wildman–Crippen LogP) is 4.80. The van der Waals surface area contributed by atoms with E-state index >= 15 is 0 Å². The molecule has 0 saturated carbocycles. The maximum atomic E-state index is 12.9. The maximum Gasteiger partial charge on any atom is 0.329 e. The van der Waals surface area contributed by atoms with Crippen LogP contribution in [0.5, 0.6) is 0 Å². The summed E-state index contributed by atoms with van der Waals surface area (Å²) in [6.07, 6.45) is 1.77. The highest BCUT2D eigenvalue weighted by atomic mass is 16.2. The van der Waals surface area contributed by atoms with Crippen molar-refractivity contribution in [1.82, 2.24) is 14.8 Å². The van der Waals surface area contributed by atoms with E-state index in [-0.39, 0.29) is 12.5 Å². The highest BCUT2D eigenvalue weighted by molar-refractivity contribution is 6.14. The smallest absolute Gasteiger partial charge is 0.318 e. The molecule has 152 valence electrons. The van der Waals surface area contributed by atoms with Gasteiger partial charge in [0.1, 0.15) is 5.70 Å². The summed E-state index contributed by atoms with van der Waals surface area (Å²) in [5.41, 5.74) is 7.72. The molecule has 0 radical (unpaired) electrons. The van der Waals surface area contributed by atoms with Crippen molar-refractivity contribution in [3.05, 3.63) is 93.9 Å². The minimum Gasteiger partial charge on any atom is -0.318 e. The van der Waals surface area contributed by atoms with Crippen LogP contribution < -0.4 is 5.32 Å². The molecule has 0 atom stereocenters. The topological polar surface area (TPSA) is 54.3 Å². The van der Waals surface area contributed by atoms with Crippen molar-refractivity contribution in [3.8, 4) is 5.69 Å². The molecular formula is C25H25N3O2. The Labute approximate surface area is 176 Å². The second kappa shape index (κ2) is 7.67. The molecule has 0 aliphatic carbocycles. The Morgan fingerprint density at radius 2 is 1.57 bits per heavy atom. The molecule has 1 N–H and O–H groups in total. The molecule has 1 fully saturated rings. The molecule has 5 nitrogen and oxygen atoms in total. The Bertz CT molecular complexity index is 1150. The fourth-order valence-corrected chi connectivity index (χ4v) is 4.05. The van der Waals surface area contributed by atoms with Crippen LogP contribution in [0, 0.1) is 27.7 Å². The number of nitrogens with one attached hydrogen (secondary N) is 1. The standard InChI is InChI=1S/C25H25N3O2/c1-16-10-17(2)12-22(11-16)28-18(3)13-21(19(28)4)14-23-24(29)27(25(30)26-23)15-20-8-6-5-7-9-20/h5-14H,15H2,1-4H3,(H,26,30)/b23-14+. The minimum atomic E-state index is -0.391. The van der Waals surface area contributed by atoms with Crippen LogP contribution in [0.4, 0.5) is 4.79 Å². The molecule has 30 heavy (non-hydrogen) atoms. The van der Waals surface area contributed by atoms with Crippen molar-refractivity contribution >= 4 is 18.0 Å². The molecule has 2 aromatic carbocycles. The number of aromatic nitrogens is 1. The monoisotopic (exact) mass is 399 g/mol. The largest absolute Gasteiger partial charge is 0.329 e. The average molecular weight is 399 g/mol. The number of rotatable bonds is 4. The third kappa shape index (κ3) is 3.66. The number of amides is 3. The molecule has 1 aliphatic heterocycles. The normalized spacial score (nSPS) is 15.2. The number of hydrogen-bond donors (Lipinski definition) is 1. The number of hydrogen-bond acceptors (Lipinski definition) is 2. The van der Waals surface area contributed by atoms with Crippen molar-refractivity contribution in [2.24, 2.45) is 0 Å². The zero-order valence-electron chi connectivity index (χ0n) is 17.7. The molecule has 1 saturated heterocycles. The number of carbonyl (C=O) groups is 2. The average Bonchev–Trinajstić information content (AvgIpc) is 3.11. The van der Waals surface area contributed by atoms with Crippen LogP contribution in [0.25, 0.3) is 11.8 Å². The third-order valence-electron chi connectivity index (χ3n) is 5.38. The molecular weight excluding hydrogens is 374 g/mol. The van der Waals surface area contributed by atoms with Gasteiger partial charge in [0.15, 0.2) is 0 Å². The van der Waals surface area contributed by atoms with E-state index in [9.17, 15) is 9.59 Å². The van der Waals surface area contributed by atoms with Gasteiger partial charge in [0.2, 0.25) is 0 Å². The molecule has 0 unspecified atom stereocenters. The number of carbonyl (C=O) groups excluding carboxylic acids is 2. The third-order valence-corrected chi connectivity index (χ3v) is 5.38. The van der Waals surface area contributed by atoms with Gasteiger partial charge in [0, 0.05) is 17.1 Å². The van der Waals surface area contributed by atoms with Crippen LogP contribution >= 0.6 is 0 Å². The van der Waals surface area contributed by atoms with Crippen molar-refractivity contribution < 1.29 is 9.59 Å². The van der Waals surface area contributed by atoms with Gasteiger partial charge in [0.25, 0.3) is 5.91 Å². The van der Waals surface area contributed by atoms with Crippen LogP contribution in [0.3, 0.4) is 0 Å². The molecule has 1 aliphatic rings. The van der Waals surface area contributed by atoms with Crippen LogP contribution in [-0.4, -0.2) is 21.4 Å². The van der Waals surface area contributed by atoms with Gasteiger partial charge in [-0.2, -0.15) is 0 Å². The summed E-state index contributed by atoms with van der Waals surface area (Å²) in [5, 5.41) is 2.73. The number of benzene rings is 2. The Morgan fingerprint density at radius 3 is 2.23 bits per heavy atom. The van der Waals surface area contributed by atoms with E-state index in [2.05, 4.69) is 41.9 Å². The Kier molecular flexibility index (Phi) is 5.04. The lowest BCUT2D eigenvalue weighted by Gasteiger charge is -2.12. The summed E-state index contributed by atoms with van der Waals surface area (Å²) >= 11 is 0. The van der Waals surface area contributed by atoms with Gasteiger partial charge in [-0.3, -0.25) is 9.69 Å². The van der Waals surface area contributed by atoms with E-state index in [1.165, 1.54) is 16.0 Å². The van der Waals surface area contributed by atoms with E-state index in [0.29, 0.717) is 5.70 Å². The molecule has 1 aromatic heterocycles. The lowest BCUT2D eigenvalue weighted by Crippen LogP contribution is -2.30. The van der Waals surface area contributed by atoms with E-state index in [0.717, 1.165) is 28.2 Å². The lowest BCUT2D eigenvalue weighted by atomic mass is 10.1. The summed E-state index contributed by atoms with van der Waals surface area (Å²) < 4.78 is 2.18. The van der Waals surface area contributed by atoms with Crippen LogP contribution in [-0.2, 0) is 11.3 Å². The van der Waals surface area contributed by atoms with Crippen LogP contribution in [0.15, 0.2) is 60.3 Å². The van der Waals surface area contributed by atoms with Gasteiger partial charge in [0.05, 0.1) is 6.54 Å². The molecule has 3 amide bonds. The fourth-order valence-electron chi connectivity index (χ4n) is 4.05. The summed E-state index contributed by atoms with van der Waals surface area (Å²) in [4.78, 5) is 26.5. The first-order chi connectivity index (χ1) is 14.3. The number of nitrogens with zero attached hydrogens (tertiary/aromatic N) is 2. The van der Waals surface area contributed by atoms with Crippen molar-refractivity contribution in [1.29, 1.82) is 0 Å². The summed E-state index contributed by atoms with van der Waals surface area (Å²) in [6.45, 7) is 8.50. The van der Waals surface area contributed by atoms with Gasteiger partial charge < -0.3 is 9.88 Å². The maximum absolute atomic E-state index is 12.9. The fraction of sp³-hybridized carbons (Fsp3) is 0.200. The SMILES string of the molecule is Cc1cc(C)cc(-n2c(C)cc(/C=C3/NC(=O)N(Cc4ccccc4)C3=O)c2C)c1. The van der Waals surface area contributed by atoms with Crippen molar-refractivity contribution in [2.75, 3.05) is 0 Å². The molecule has 0 bridgehead atoms. The first kappa shape index (κ1) is 19.7. The summed E-state index contributed by atoms with van der Waals surface area (Å²) in [7, 11) is 0. The van der Waals surface area contributed by atoms with Crippen molar-refractivity contribution in [3.63, 3.8) is 0 Å². The lowest BCUT2D eigenvalue weighted by molar-refractivity contribution is -0.123. The van der Waals surface area contributed by atoms with E-state index < -0.39 is 6.03 Å². The second-order valence-electron chi connectivity index (χ2n) is 7.87. The highest BCUT2D eigenvalue weighted by Crippen LogP contribution is 2.25. The Hall–Kier alpha value is -3.60. The minimum absolute atomic E-state index is 0.254. The van der Waals surface area contributed by atoms with Gasteiger partial charge in [-0.15, -0.1) is 0 Å². The van der Waals surface area contributed by atoms with Crippen LogP contribution in [0.1, 0.15) is 33.6 Å². The van der Waals surface area contributed by atoms with Gasteiger partial charge in [-0.25, -0.2) is 4.79 Å². The number of imide groups is 1. The molecule has 3 aromatic rings. The predicted molar refractivity (Wildman–Crippen MR) is 118 cm³/mol. The van der Waals surface area contributed by atoms with E-state index in [4.69, 9.17) is 0 Å². The first-order valence-corrected chi connectivity index (χ1v) is 9.99. The van der Waals surface area contributed by atoms with E-state index in [1.54, 1.807) is 6.08 Å². The quantitative estimate of drug-likeness (QED) is 0.506. The van der Waals surface area contributed by atoms with E-state index in [1.807, 2.05) is 50.2 Å². The first-order valence-electron chi connectivity index (χ1n) is 9.99. The van der Waals surface area contributed by atoms with Gasteiger partial charge >= 0.3 is 6.03 Å². The number of urea groups is 1. The number of aryl methyl sites for hydroxylation is 3. The Balaban J connectivity index is 1.65. The summed E-state index contributed by atoms with van der Waals surface area (Å²) in [6, 6.07) is 17.6. The van der Waals surface area contributed by atoms with Crippen molar-refractivity contribution in [2.45, 2.75) is 34.2 Å². The molecule has 2 heterocycles. The van der Waals surface area contributed by atoms with Gasteiger partial charge in [-0.05, 0) is 74.2 Å². The zero-order valence-corrected chi connectivity index (χ0v) is 17.7.